The zero-order valence-electron chi connectivity index (χ0n) is 20.9. The lowest BCUT2D eigenvalue weighted by atomic mass is 9.94. The van der Waals surface area contributed by atoms with E-state index in [2.05, 4.69) is 4.90 Å². The molecule has 1 N–H and O–H groups in total. The molecular formula is C27H32N2O7. The minimum absolute atomic E-state index is 0.0118. The molecule has 2 fully saturated rings. The monoisotopic (exact) mass is 496 g/mol. The second-order valence-electron chi connectivity index (χ2n) is 8.51. The molecule has 2 saturated heterocycles. The summed E-state index contributed by atoms with van der Waals surface area (Å²) in [6.07, 6.45) is 0. The van der Waals surface area contributed by atoms with Gasteiger partial charge in [0.1, 0.15) is 23.0 Å². The van der Waals surface area contributed by atoms with Crippen molar-refractivity contribution in [3.63, 3.8) is 0 Å². The molecule has 1 atom stereocenters. The summed E-state index contributed by atoms with van der Waals surface area (Å²) in [7, 11) is 3.07. The van der Waals surface area contributed by atoms with Crippen molar-refractivity contribution in [2.75, 3.05) is 60.2 Å². The van der Waals surface area contributed by atoms with Gasteiger partial charge >= 0.3 is 0 Å². The number of rotatable bonds is 9. The fraction of sp³-hybridized carbons (Fsp3) is 0.407. The molecule has 2 aromatic carbocycles. The number of nitrogens with zero attached hydrogens (tertiary/aromatic N) is 2. The molecule has 1 unspecified atom stereocenters. The van der Waals surface area contributed by atoms with Gasteiger partial charge < -0.3 is 29.0 Å². The summed E-state index contributed by atoms with van der Waals surface area (Å²) in [6.45, 7) is 6.03. The zero-order valence-corrected chi connectivity index (χ0v) is 20.9. The van der Waals surface area contributed by atoms with Crippen LogP contribution in [0.25, 0.3) is 5.76 Å². The topological polar surface area (TPSA) is 97.8 Å². The number of aliphatic hydroxyl groups is 1. The SMILES string of the molecule is CCOc1ccc(/C(O)=C2/C(=O)C(=O)N(CCN3CCOCC3)C2c2cc(OC)ccc2OC)cc1. The second-order valence-corrected chi connectivity index (χ2v) is 8.51. The zero-order chi connectivity index (χ0) is 25.7. The number of likely N-dealkylation sites (tertiary alicyclic amines) is 1. The number of benzene rings is 2. The lowest BCUT2D eigenvalue weighted by Crippen LogP contribution is -2.42. The maximum Gasteiger partial charge on any atom is 0.295 e. The van der Waals surface area contributed by atoms with Gasteiger partial charge in [0.2, 0.25) is 0 Å². The van der Waals surface area contributed by atoms with Gasteiger partial charge in [-0.2, -0.15) is 0 Å². The van der Waals surface area contributed by atoms with Crippen molar-refractivity contribution in [2.45, 2.75) is 13.0 Å². The van der Waals surface area contributed by atoms with E-state index in [1.165, 1.54) is 12.0 Å². The fourth-order valence-electron chi connectivity index (χ4n) is 4.59. The summed E-state index contributed by atoms with van der Waals surface area (Å²) in [4.78, 5) is 30.3. The minimum Gasteiger partial charge on any atom is -0.507 e. The molecule has 0 aliphatic carbocycles. The molecule has 2 aliphatic heterocycles. The van der Waals surface area contributed by atoms with E-state index >= 15 is 0 Å². The fourth-order valence-corrected chi connectivity index (χ4v) is 4.59. The summed E-state index contributed by atoms with van der Waals surface area (Å²) >= 11 is 0. The average Bonchev–Trinajstić information content (AvgIpc) is 3.17. The number of aliphatic hydroxyl groups excluding tert-OH is 1. The van der Waals surface area contributed by atoms with Gasteiger partial charge in [-0.25, -0.2) is 0 Å². The van der Waals surface area contributed by atoms with Gasteiger partial charge in [-0.15, -0.1) is 0 Å². The molecule has 0 saturated carbocycles. The van der Waals surface area contributed by atoms with E-state index < -0.39 is 17.7 Å². The number of carbonyl (C=O) groups is 2. The predicted octanol–water partition coefficient (Wildman–Crippen LogP) is 2.86. The normalized spacial score (nSPS) is 20.0. The highest BCUT2D eigenvalue weighted by molar-refractivity contribution is 6.46. The molecular weight excluding hydrogens is 464 g/mol. The van der Waals surface area contributed by atoms with Crippen LogP contribution in [0.2, 0.25) is 0 Å². The molecule has 9 nitrogen and oxygen atoms in total. The largest absolute Gasteiger partial charge is 0.507 e. The number of carbonyl (C=O) groups excluding carboxylic acids is 2. The Bertz CT molecular complexity index is 1120. The van der Waals surface area contributed by atoms with Crippen LogP contribution in [0.15, 0.2) is 48.0 Å². The quantitative estimate of drug-likeness (QED) is 0.322. The Morgan fingerprint density at radius 2 is 1.69 bits per heavy atom. The molecule has 9 heteroatoms. The van der Waals surface area contributed by atoms with Crippen molar-refractivity contribution in [3.8, 4) is 17.2 Å². The Morgan fingerprint density at radius 3 is 2.33 bits per heavy atom. The number of amides is 1. The molecule has 2 heterocycles. The van der Waals surface area contributed by atoms with Crippen molar-refractivity contribution in [2.24, 2.45) is 0 Å². The Kier molecular flexibility index (Phi) is 8.12. The number of morpholine rings is 1. The first-order valence-electron chi connectivity index (χ1n) is 12.0. The van der Waals surface area contributed by atoms with E-state index in [0.717, 1.165) is 13.1 Å². The van der Waals surface area contributed by atoms with Crippen LogP contribution in [0, 0.1) is 0 Å². The van der Waals surface area contributed by atoms with Gasteiger partial charge in [-0.3, -0.25) is 14.5 Å². The Hall–Kier alpha value is -3.56. The van der Waals surface area contributed by atoms with Gasteiger partial charge in [-0.05, 0) is 49.4 Å². The van der Waals surface area contributed by atoms with Crippen molar-refractivity contribution in [3.05, 3.63) is 59.2 Å². The van der Waals surface area contributed by atoms with Gasteiger partial charge in [-0.1, -0.05) is 0 Å². The molecule has 0 aromatic heterocycles. The average molecular weight is 497 g/mol. The summed E-state index contributed by atoms with van der Waals surface area (Å²) in [6, 6.07) is 11.1. The lowest BCUT2D eigenvalue weighted by Gasteiger charge is -2.31. The highest BCUT2D eigenvalue weighted by atomic mass is 16.5. The van der Waals surface area contributed by atoms with E-state index in [9.17, 15) is 14.7 Å². The first-order chi connectivity index (χ1) is 17.5. The van der Waals surface area contributed by atoms with Crippen LogP contribution in [0.4, 0.5) is 0 Å². The van der Waals surface area contributed by atoms with Crippen molar-refractivity contribution in [1.82, 2.24) is 9.80 Å². The predicted molar refractivity (Wildman–Crippen MR) is 133 cm³/mol. The molecule has 0 radical (unpaired) electrons. The number of hydrogen-bond donors (Lipinski definition) is 1. The summed E-state index contributed by atoms with van der Waals surface area (Å²) in [5.74, 6) is 0.0253. The Balaban J connectivity index is 1.79. The molecule has 0 bridgehead atoms. The van der Waals surface area contributed by atoms with Gasteiger partial charge in [0.15, 0.2) is 0 Å². The van der Waals surface area contributed by atoms with Crippen LogP contribution >= 0.6 is 0 Å². The molecule has 4 rings (SSSR count). The van der Waals surface area contributed by atoms with E-state index in [1.54, 1.807) is 49.6 Å². The van der Waals surface area contributed by atoms with Crippen molar-refractivity contribution < 1.29 is 33.6 Å². The van der Waals surface area contributed by atoms with Crippen molar-refractivity contribution in [1.29, 1.82) is 0 Å². The third-order valence-electron chi connectivity index (χ3n) is 6.47. The molecule has 2 aromatic rings. The highest BCUT2D eigenvalue weighted by Gasteiger charge is 2.47. The maximum absolute atomic E-state index is 13.3. The van der Waals surface area contributed by atoms with E-state index in [1.807, 2.05) is 6.92 Å². The van der Waals surface area contributed by atoms with Crippen LogP contribution in [0.5, 0.6) is 17.2 Å². The first kappa shape index (κ1) is 25.5. The van der Waals surface area contributed by atoms with Crippen LogP contribution in [-0.2, 0) is 14.3 Å². The highest BCUT2D eigenvalue weighted by Crippen LogP contribution is 2.43. The number of hydrogen-bond acceptors (Lipinski definition) is 8. The third kappa shape index (κ3) is 5.17. The third-order valence-corrected chi connectivity index (χ3v) is 6.47. The van der Waals surface area contributed by atoms with Crippen LogP contribution in [0.3, 0.4) is 0 Å². The minimum atomic E-state index is -0.845. The first-order valence-corrected chi connectivity index (χ1v) is 12.0. The van der Waals surface area contributed by atoms with Crippen LogP contribution in [-0.4, -0.2) is 86.8 Å². The van der Waals surface area contributed by atoms with E-state index in [0.29, 0.717) is 61.3 Å². The second kappa shape index (κ2) is 11.5. The smallest absolute Gasteiger partial charge is 0.295 e. The summed E-state index contributed by atoms with van der Waals surface area (Å²) in [5.41, 5.74) is 0.986. The van der Waals surface area contributed by atoms with Crippen LogP contribution in [0.1, 0.15) is 24.1 Å². The Labute approximate surface area is 210 Å². The molecule has 1 amide bonds. The van der Waals surface area contributed by atoms with Crippen LogP contribution < -0.4 is 14.2 Å². The maximum atomic E-state index is 13.3. The molecule has 0 spiro atoms. The van der Waals surface area contributed by atoms with Gasteiger partial charge in [0.25, 0.3) is 11.7 Å². The van der Waals surface area contributed by atoms with E-state index in [4.69, 9.17) is 18.9 Å². The number of ketones is 1. The number of ether oxygens (including phenoxy) is 4. The molecule has 2 aliphatic rings. The van der Waals surface area contributed by atoms with Crippen molar-refractivity contribution >= 4 is 17.4 Å². The Morgan fingerprint density at radius 1 is 1.00 bits per heavy atom. The number of methoxy groups -OCH3 is 2. The van der Waals surface area contributed by atoms with Gasteiger partial charge in [0, 0.05) is 37.3 Å². The standard InChI is InChI=1S/C27H32N2O7/c1-4-36-19-7-5-18(6-8-19)25(30)23-24(21-17-20(33-2)9-10-22(21)34-3)29(27(32)26(23)31)12-11-28-13-15-35-16-14-28/h5-10,17,24,30H,4,11-16H2,1-3H3/b25-23-. The molecule has 36 heavy (non-hydrogen) atoms. The lowest BCUT2D eigenvalue weighted by molar-refractivity contribution is -0.140. The number of Topliss-reactive ketones (excluding diaryl/α,β-unsaturated/α-hetero) is 1. The van der Waals surface area contributed by atoms with Gasteiger partial charge in [0.05, 0.1) is 45.7 Å². The van der Waals surface area contributed by atoms with E-state index in [-0.39, 0.29) is 11.3 Å². The summed E-state index contributed by atoms with van der Waals surface area (Å²) in [5, 5.41) is 11.3. The molecule has 192 valence electrons. The summed E-state index contributed by atoms with van der Waals surface area (Å²) < 4.78 is 21.9.